The van der Waals surface area contributed by atoms with Gasteiger partial charge >= 0.3 is 0 Å². The molecule has 0 fully saturated rings. The Kier molecular flexibility index (Phi) is 2.93. The third kappa shape index (κ3) is 1.97. The molecule has 1 aromatic heterocycles. The Hall–Kier alpha value is -1.97. The molecular weight excluding hydrogens is 238 g/mol. The third-order valence-electron chi connectivity index (χ3n) is 3.55. The summed E-state index contributed by atoms with van der Waals surface area (Å²) in [4.78, 5) is 0. The zero-order valence-electron chi connectivity index (χ0n) is 11.6. The van der Waals surface area contributed by atoms with Gasteiger partial charge in [0.1, 0.15) is 11.6 Å². The summed E-state index contributed by atoms with van der Waals surface area (Å²) >= 11 is 0. The van der Waals surface area contributed by atoms with Crippen LogP contribution in [0.5, 0.6) is 5.75 Å². The molecule has 4 nitrogen and oxygen atoms in total. The predicted octanol–water partition coefficient (Wildman–Crippen LogP) is 2.97. The maximum Gasteiger partial charge on any atom is 0.133 e. The zero-order chi connectivity index (χ0) is 13.4. The molecule has 2 aromatic rings. The Labute approximate surface area is 113 Å². The summed E-state index contributed by atoms with van der Waals surface area (Å²) < 4.78 is 7.21. The van der Waals surface area contributed by atoms with Crippen molar-refractivity contribution in [2.75, 3.05) is 19.0 Å². The van der Waals surface area contributed by atoms with E-state index in [9.17, 15) is 0 Å². The molecule has 0 spiro atoms. The maximum absolute atomic E-state index is 5.20. The molecule has 1 aliphatic rings. The second kappa shape index (κ2) is 4.61. The van der Waals surface area contributed by atoms with Crippen molar-refractivity contribution in [3.05, 3.63) is 35.5 Å². The van der Waals surface area contributed by atoms with Crippen molar-refractivity contribution in [1.82, 2.24) is 9.78 Å². The number of hydrogen-bond donors (Lipinski definition) is 1. The van der Waals surface area contributed by atoms with Gasteiger partial charge in [0.2, 0.25) is 0 Å². The largest absolute Gasteiger partial charge is 0.497 e. The fourth-order valence-corrected chi connectivity index (χ4v) is 2.58. The zero-order valence-corrected chi connectivity index (χ0v) is 11.6. The average molecular weight is 257 g/mol. The van der Waals surface area contributed by atoms with E-state index >= 15 is 0 Å². The van der Waals surface area contributed by atoms with Gasteiger partial charge in [0.25, 0.3) is 0 Å². The van der Waals surface area contributed by atoms with Crippen molar-refractivity contribution in [1.29, 1.82) is 0 Å². The number of ether oxygens (including phenoxy) is 1. The molecule has 0 amide bonds. The summed E-state index contributed by atoms with van der Waals surface area (Å²) in [5.41, 5.74) is 3.64. The summed E-state index contributed by atoms with van der Waals surface area (Å²) in [5.74, 6) is 2.46. The highest BCUT2D eigenvalue weighted by Crippen LogP contribution is 2.32. The number of fused-ring (bicyclic) bond motifs is 1. The van der Waals surface area contributed by atoms with Crippen LogP contribution in [0.25, 0.3) is 5.69 Å². The maximum atomic E-state index is 5.20. The number of nitrogens with zero attached hydrogens (tertiary/aromatic N) is 2. The molecule has 2 heterocycles. The Morgan fingerprint density at radius 3 is 2.63 bits per heavy atom. The first-order valence-electron chi connectivity index (χ1n) is 6.71. The predicted molar refractivity (Wildman–Crippen MR) is 76.4 cm³/mol. The Morgan fingerprint density at radius 1 is 1.26 bits per heavy atom. The molecule has 0 aliphatic carbocycles. The van der Waals surface area contributed by atoms with E-state index in [4.69, 9.17) is 9.84 Å². The molecule has 3 rings (SSSR count). The molecule has 4 heteroatoms. The second-order valence-corrected chi connectivity index (χ2v) is 5.15. The lowest BCUT2D eigenvalue weighted by atomic mass is 10.1. The van der Waals surface area contributed by atoms with Gasteiger partial charge in [-0.1, -0.05) is 13.8 Å². The van der Waals surface area contributed by atoms with E-state index in [0.29, 0.717) is 5.92 Å². The van der Waals surface area contributed by atoms with Crippen LogP contribution >= 0.6 is 0 Å². The van der Waals surface area contributed by atoms with Gasteiger partial charge in [0.15, 0.2) is 0 Å². The molecule has 1 aliphatic heterocycles. The van der Waals surface area contributed by atoms with Crippen molar-refractivity contribution in [2.24, 2.45) is 0 Å². The normalized spacial score (nSPS) is 13.5. The monoisotopic (exact) mass is 257 g/mol. The minimum atomic E-state index is 0.452. The quantitative estimate of drug-likeness (QED) is 0.918. The second-order valence-electron chi connectivity index (χ2n) is 5.15. The third-order valence-corrected chi connectivity index (χ3v) is 3.55. The van der Waals surface area contributed by atoms with Crippen LogP contribution in [0.1, 0.15) is 31.0 Å². The first-order chi connectivity index (χ1) is 9.20. The van der Waals surface area contributed by atoms with Crippen LogP contribution in [0, 0.1) is 0 Å². The fraction of sp³-hybridized carbons (Fsp3) is 0.400. The summed E-state index contributed by atoms with van der Waals surface area (Å²) in [6.45, 7) is 5.39. The molecule has 1 N–H and O–H groups in total. The summed E-state index contributed by atoms with van der Waals surface area (Å²) in [7, 11) is 1.68. The van der Waals surface area contributed by atoms with Gasteiger partial charge in [0.05, 0.1) is 18.5 Å². The topological polar surface area (TPSA) is 39.1 Å². The summed E-state index contributed by atoms with van der Waals surface area (Å²) in [6, 6.07) is 8.01. The minimum Gasteiger partial charge on any atom is -0.497 e. The van der Waals surface area contributed by atoms with Crippen LogP contribution in [-0.4, -0.2) is 23.4 Å². The average Bonchev–Trinajstić information content (AvgIpc) is 3.00. The van der Waals surface area contributed by atoms with Crippen LogP contribution in [0.3, 0.4) is 0 Å². The molecule has 0 radical (unpaired) electrons. The molecular formula is C15H19N3O. The lowest BCUT2D eigenvalue weighted by Crippen LogP contribution is -2.05. The first kappa shape index (κ1) is 12.1. The van der Waals surface area contributed by atoms with Crippen LogP contribution in [0.2, 0.25) is 0 Å². The number of aromatic nitrogens is 2. The molecule has 0 saturated heterocycles. The first-order valence-corrected chi connectivity index (χ1v) is 6.71. The summed E-state index contributed by atoms with van der Waals surface area (Å²) in [5, 5.41) is 8.21. The molecule has 0 unspecified atom stereocenters. The van der Waals surface area contributed by atoms with Gasteiger partial charge in [0, 0.05) is 12.1 Å². The Bertz CT molecular complexity index is 584. The van der Waals surface area contributed by atoms with Crippen LogP contribution in [0.15, 0.2) is 24.3 Å². The van der Waals surface area contributed by atoms with Crippen LogP contribution in [0.4, 0.5) is 5.82 Å². The lowest BCUT2D eigenvalue weighted by molar-refractivity contribution is 0.414. The van der Waals surface area contributed by atoms with E-state index in [0.717, 1.165) is 30.2 Å². The lowest BCUT2D eigenvalue weighted by Gasteiger charge is -2.07. The van der Waals surface area contributed by atoms with Crippen LogP contribution in [-0.2, 0) is 6.42 Å². The highest BCUT2D eigenvalue weighted by Gasteiger charge is 2.24. The number of anilines is 1. The molecule has 19 heavy (non-hydrogen) atoms. The van der Waals surface area contributed by atoms with E-state index in [-0.39, 0.29) is 0 Å². The molecule has 100 valence electrons. The number of nitrogens with one attached hydrogen (secondary N) is 1. The van der Waals surface area contributed by atoms with Gasteiger partial charge < -0.3 is 10.1 Å². The minimum absolute atomic E-state index is 0.452. The number of hydrogen-bond acceptors (Lipinski definition) is 3. The molecule has 0 saturated carbocycles. The van der Waals surface area contributed by atoms with Gasteiger partial charge in [-0.15, -0.1) is 0 Å². The highest BCUT2D eigenvalue weighted by atomic mass is 16.5. The highest BCUT2D eigenvalue weighted by molar-refractivity contribution is 5.57. The van der Waals surface area contributed by atoms with Gasteiger partial charge in [-0.05, 0) is 36.6 Å². The van der Waals surface area contributed by atoms with Gasteiger partial charge in [-0.3, -0.25) is 0 Å². The van der Waals surface area contributed by atoms with Crippen molar-refractivity contribution in [3.63, 3.8) is 0 Å². The number of methoxy groups -OCH3 is 1. The SMILES string of the molecule is COc1ccc(-n2nc(C(C)C)c3c2NCC3)cc1. The number of benzene rings is 1. The van der Waals surface area contributed by atoms with Gasteiger partial charge in [-0.2, -0.15) is 5.10 Å². The van der Waals surface area contributed by atoms with E-state index < -0.39 is 0 Å². The number of rotatable bonds is 3. The summed E-state index contributed by atoms with van der Waals surface area (Å²) in [6.07, 6.45) is 1.07. The fourth-order valence-electron chi connectivity index (χ4n) is 2.58. The van der Waals surface area contributed by atoms with Crippen molar-refractivity contribution < 1.29 is 4.74 Å². The van der Waals surface area contributed by atoms with Crippen LogP contribution < -0.4 is 10.1 Å². The standard InChI is InChI=1S/C15H19N3O/c1-10(2)14-13-8-9-16-15(13)18(17-14)11-4-6-12(19-3)7-5-11/h4-7,10,16H,8-9H2,1-3H3. The van der Waals surface area contributed by atoms with E-state index in [2.05, 4.69) is 19.2 Å². The van der Waals surface area contributed by atoms with E-state index in [1.54, 1.807) is 7.11 Å². The van der Waals surface area contributed by atoms with Crippen molar-refractivity contribution >= 4 is 5.82 Å². The smallest absolute Gasteiger partial charge is 0.133 e. The Balaban J connectivity index is 2.07. The van der Waals surface area contributed by atoms with E-state index in [1.807, 2.05) is 28.9 Å². The van der Waals surface area contributed by atoms with Gasteiger partial charge in [-0.25, -0.2) is 4.68 Å². The Morgan fingerprint density at radius 2 is 2.00 bits per heavy atom. The molecule has 0 bridgehead atoms. The van der Waals surface area contributed by atoms with Crippen molar-refractivity contribution in [2.45, 2.75) is 26.2 Å². The molecule has 0 atom stereocenters. The molecule has 1 aromatic carbocycles. The van der Waals surface area contributed by atoms with Crippen molar-refractivity contribution in [3.8, 4) is 11.4 Å². The van der Waals surface area contributed by atoms with E-state index in [1.165, 1.54) is 11.3 Å².